The Hall–Kier alpha value is -2.83. The van der Waals surface area contributed by atoms with E-state index in [1.165, 1.54) is 4.68 Å². The maximum absolute atomic E-state index is 11.8. The average Bonchev–Trinajstić information content (AvgIpc) is 3.02. The summed E-state index contributed by atoms with van der Waals surface area (Å²) in [6.07, 6.45) is 2.86. The van der Waals surface area contributed by atoms with E-state index in [2.05, 4.69) is 10.4 Å². The van der Waals surface area contributed by atoms with Gasteiger partial charge in [0.25, 0.3) is 0 Å². The molecule has 0 saturated carbocycles. The fourth-order valence-corrected chi connectivity index (χ4v) is 2.22. The average molecular weight is 359 g/mol. The lowest BCUT2D eigenvalue weighted by Crippen LogP contribution is -2.35. The number of benzene rings is 1. The summed E-state index contributed by atoms with van der Waals surface area (Å²) in [5.74, 6) is -0.956. The zero-order chi connectivity index (χ0) is 19.5. The molecule has 0 aliphatic heterocycles. The summed E-state index contributed by atoms with van der Waals surface area (Å²) in [7, 11) is 0. The van der Waals surface area contributed by atoms with E-state index in [0.717, 1.165) is 16.7 Å². The molecule has 2 aromatic rings. The number of carbonyl (C=O) groups excluding carboxylic acids is 1. The van der Waals surface area contributed by atoms with Gasteiger partial charge in [0.05, 0.1) is 6.20 Å². The molecule has 0 unspecified atom stereocenters. The number of nitrogens with one attached hydrogen (secondary N) is 1. The summed E-state index contributed by atoms with van der Waals surface area (Å²) in [6, 6.07) is 7.60. The van der Waals surface area contributed by atoms with E-state index in [0.29, 0.717) is 6.54 Å². The van der Waals surface area contributed by atoms with Crippen LogP contribution in [0.1, 0.15) is 40.2 Å². The minimum atomic E-state index is -1.13. The van der Waals surface area contributed by atoms with Crippen molar-refractivity contribution in [2.45, 2.75) is 52.3 Å². The zero-order valence-electron chi connectivity index (χ0n) is 15.7. The monoisotopic (exact) mass is 359 g/mol. The fraction of sp³-hybridized carbons (Fsp3) is 0.421. The molecule has 2 N–H and O–H groups in total. The van der Waals surface area contributed by atoms with Crippen LogP contribution in [0, 0.1) is 0 Å². The third kappa shape index (κ3) is 4.84. The maximum Gasteiger partial charge on any atom is 0.407 e. The van der Waals surface area contributed by atoms with Gasteiger partial charge < -0.3 is 15.2 Å². The van der Waals surface area contributed by atoms with Crippen LogP contribution >= 0.6 is 0 Å². The Morgan fingerprint density at radius 1 is 1.19 bits per heavy atom. The number of amides is 1. The molecule has 7 heteroatoms. The SMILES string of the molecule is CC(C)(C)OC(=O)NCc1cccc(-c2cnn(C(C)(C)C(=O)O)c2)c1. The zero-order valence-corrected chi connectivity index (χ0v) is 15.7. The van der Waals surface area contributed by atoms with Gasteiger partial charge in [-0.2, -0.15) is 5.10 Å². The number of nitrogens with zero attached hydrogens (tertiary/aromatic N) is 2. The lowest BCUT2D eigenvalue weighted by Gasteiger charge is -2.19. The molecular formula is C19H25N3O4. The predicted molar refractivity (Wildman–Crippen MR) is 97.7 cm³/mol. The Morgan fingerprint density at radius 2 is 1.88 bits per heavy atom. The summed E-state index contributed by atoms with van der Waals surface area (Å²) in [5.41, 5.74) is 0.920. The van der Waals surface area contributed by atoms with Crippen molar-refractivity contribution in [3.63, 3.8) is 0 Å². The van der Waals surface area contributed by atoms with Crippen molar-refractivity contribution in [3.05, 3.63) is 42.2 Å². The molecule has 0 aliphatic rings. The summed E-state index contributed by atoms with van der Waals surface area (Å²) in [6.45, 7) is 8.94. The van der Waals surface area contributed by atoms with Crippen molar-refractivity contribution in [1.82, 2.24) is 15.1 Å². The second-order valence-corrected chi connectivity index (χ2v) is 7.59. The lowest BCUT2D eigenvalue weighted by molar-refractivity contribution is -0.146. The highest BCUT2D eigenvalue weighted by Crippen LogP contribution is 2.23. The number of ether oxygens (including phenoxy) is 1. The quantitative estimate of drug-likeness (QED) is 0.853. The number of carboxylic acid groups (broad SMARTS) is 1. The highest BCUT2D eigenvalue weighted by Gasteiger charge is 2.30. The van der Waals surface area contributed by atoms with Gasteiger partial charge in [-0.05, 0) is 51.8 Å². The van der Waals surface area contributed by atoms with E-state index in [4.69, 9.17) is 4.74 Å². The molecule has 0 aliphatic carbocycles. The molecular weight excluding hydrogens is 334 g/mol. The normalized spacial score (nSPS) is 11.9. The van der Waals surface area contributed by atoms with Crippen LogP contribution in [0.5, 0.6) is 0 Å². The van der Waals surface area contributed by atoms with E-state index >= 15 is 0 Å². The Kier molecular flexibility index (Phi) is 5.39. The molecule has 0 radical (unpaired) electrons. The van der Waals surface area contributed by atoms with Crippen LogP contribution in [-0.2, 0) is 21.6 Å². The topological polar surface area (TPSA) is 93.5 Å². The molecule has 2 rings (SSSR count). The first-order valence-corrected chi connectivity index (χ1v) is 8.34. The highest BCUT2D eigenvalue weighted by atomic mass is 16.6. The van der Waals surface area contributed by atoms with Gasteiger partial charge >= 0.3 is 12.1 Å². The van der Waals surface area contributed by atoms with Crippen molar-refractivity contribution < 1.29 is 19.4 Å². The first kappa shape index (κ1) is 19.5. The predicted octanol–water partition coefficient (Wildman–Crippen LogP) is 3.39. The summed E-state index contributed by atoms with van der Waals surface area (Å²) < 4.78 is 6.65. The van der Waals surface area contributed by atoms with Gasteiger partial charge in [0, 0.05) is 18.3 Å². The maximum atomic E-state index is 11.8. The molecule has 0 fully saturated rings. The Morgan fingerprint density at radius 3 is 2.50 bits per heavy atom. The van der Waals surface area contributed by atoms with E-state index in [-0.39, 0.29) is 0 Å². The third-order valence-corrected chi connectivity index (χ3v) is 3.77. The van der Waals surface area contributed by atoms with Crippen molar-refractivity contribution in [3.8, 4) is 11.1 Å². The van der Waals surface area contributed by atoms with Gasteiger partial charge in [-0.15, -0.1) is 0 Å². The standard InChI is InChI=1S/C19H25N3O4/c1-18(2,3)26-17(25)20-10-13-7-6-8-14(9-13)15-11-21-22(12-15)19(4,5)16(23)24/h6-9,11-12H,10H2,1-5H3,(H,20,25)(H,23,24). The molecule has 1 heterocycles. The Labute approximate surface area is 153 Å². The van der Waals surface area contributed by atoms with Crippen LogP contribution in [0.4, 0.5) is 4.79 Å². The molecule has 0 spiro atoms. The van der Waals surface area contributed by atoms with Crippen molar-refractivity contribution in [2.75, 3.05) is 0 Å². The second kappa shape index (κ2) is 7.19. The van der Waals surface area contributed by atoms with Crippen molar-refractivity contribution in [1.29, 1.82) is 0 Å². The van der Waals surface area contributed by atoms with E-state index in [1.54, 1.807) is 26.2 Å². The number of carbonyl (C=O) groups is 2. The van der Waals surface area contributed by atoms with E-state index < -0.39 is 23.2 Å². The van der Waals surface area contributed by atoms with Gasteiger partial charge in [-0.1, -0.05) is 18.2 Å². The number of rotatable bonds is 5. The molecule has 1 aromatic carbocycles. The van der Waals surface area contributed by atoms with Crippen LogP contribution in [-0.4, -0.2) is 32.6 Å². The number of alkyl carbamates (subject to hydrolysis) is 1. The smallest absolute Gasteiger partial charge is 0.407 e. The summed E-state index contributed by atoms with van der Waals surface area (Å²) in [5, 5.41) is 16.2. The molecule has 1 amide bonds. The van der Waals surface area contributed by atoms with Crippen LogP contribution in [0.25, 0.3) is 11.1 Å². The largest absolute Gasteiger partial charge is 0.479 e. The molecule has 0 bridgehead atoms. The fourth-order valence-electron chi connectivity index (χ4n) is 2.22. The van der Waals surface area contributed by atoms with E-state index in [9.17, 15) is 14.7 Å². The van der Waals surface area contributed by atoms with Crippen molar-refractivity contribution in [2.24, 2.45) is 0 Å². The summed E-state index contributed by atoms with van der Waals surface area (Å²) >= 11 is 0. The third-order valence-electron chi connectivity index (χ3n) is 3.77. The van der Waals surface area contributed by atoms with Crippen LogP contribution < -0.4 is 5.32 Å². The highest BCUT2D eigenvalue weighted by molar-refractivity contribution is 5.76. The molecule has 26 heavy (non-hydrogen) atoms. The Balaban J connectivity index is 2.11. The van der Waals surface area contributed by atoms with Crippen LogP contribution in [0.2, 0.25) is 0 Å². The van der Waals surface area contributed by atoms with Gasteiger partial charge in [0.1, 0.15) is 5.60 Å². The molecule has 140 valence electrons. The van der Waals surface area contributed by atoms with Gasteiger partial charge in [0.2, 0.25) is 0 Å². The minimum absolute atomic E-state index is 0.331. The molecule has 1 aromatic heterocycles. The summed E-state index contributed by atoms with van der Waals surface area (Å²) in [4.78, 5) is 23.1. The molecule has 0 atom stereocenters. The number of carboxylic acids is 1. The molecule has 0 saturated heterocycles. The minimum Gasteiger partial charge on any atom is -0.479 e. The van der Waals surface area contributed by atoms with Crippen LogP contribution in [0.15, 0.2) is 36.7 Å². The Bertz CT molecular complexity index is 803. The van der Waals surface area contributed by atoms with Crippen molar-refractivity contribution >= 4 is 12.1 Å². The first-order valence-electron chi connectivity index (χ1n) is 8.34. The van der Waals surface area contributed by atoms with Gasteiger partial charge in [-0.25, -0.2) is 9.59 Å². The molecule has 7 nitrogen and oxygen atoms in total. The van der Waals surface area contributed by atoms with Crippen LogP contribution in [0.3, 0.4) is 0 Å². The van der Waals surface area contributed by atoms with Gasteiger partial charge in [-0.3, -0.25) is 4.68 Å². The lowest BCUT2D eigenvalue weighted by atomic mass is 10.1. The van der Waals surface area contributed by atoms with Gasteiger partial charge in [0.15, 0.2) is 5.54 Å². The number of aromatic nitrogens is 2. The number of hydrogen-bond acceptors (Lipinski definition) is 4. The second-order valence-electron chi connectivity index (χ2n) is 7.59. The number of aliphatic carboxylic acids is 1. The van der Waals surface area contributed by atoms with E-state index in [1.807, 2.05) is 45.0 Å². The first-order chi connectivity index (χ1) is 12.0. The number of hydrogen-bond donors (Lipinski definition) is 2.